The molecule has 0 unspecified atom stereocenters. The Morgan fingerprint density at radius 3 is 2.47 bits per heavy atom. The third kappa shape index (κ3) is 8.13. The second-order valence-electron chi connectivity index (χ2n) is 15.1. The maximum atomic E-state index is 14.4. The number of allylic oxidation sites excluding steroid dienone is 2. The molecule has 0 spiro atoms. The second-order valence-corrected chi connectivity index (χ2v) is 17.3. The zero-order valence-electron chi connectivity index (χ0n) is 30.4. The first kappa shape index (κ1) is 38.4. The number of hydrogen-bond donors (Lipinski definition) is 3. The van der Waals surface area contributed by atoms with E-state index in [1.165, 1.54) is 22.9 Å². The van der Waals surface area contributed by atoms with Crippen LogP contribution < -0.4 is 15.8 Å². The first-order valence-electron chi connectivity index (χ1n) is 18.6. The number of nitrogens with zero attached hydrogens (tertiary/aromatic N) is 2. The Labute approximate surface area is 310 Å². The van der Waals surface area contributed by atoms with Crippen LogP contribution in [-0.4, -0.2) is 78.4 Å². The second kappa shape index (κ2) is 15.6. The number of carbonyl (C=O) groups is 4. The van der Waals surface area contributed by atoms with Crippen LogP contribution in [0.3, 0.4) is 0 Å². The van der Waals surface area contributed by atoms with Crippen LogP contribution in [0.1, 0.15) is 82.3 Å². The van der Waals surface area contributed by atoms with Gasteiger partial charge in [-0.1, -0.05) is 55.3 Å². The molecule has 3 heterocycles. The molecule has 3 aliphatic heterocycles. The van der Waals surface area contributed by atoms with Crippen LogP contribution in [0.15, 0.2) is 60.7 Å². The lowest BCUT2D eigenvalue weighted by molar-refractivity contribution is -0.139. The lowest BCUT2D eigenvalue weighted by Gasteiger charge is -2.30. The van der Waals surface area contributed by atoms with Gasteiger partial charge in [0.2, 0.25) is 21.8 Å². The monoisotopic (exact) mass is 751 g/mol. The molecule has 14 heteroatoms. The van der Waals surface area contributed by atoms with E-state index in [1.54, 1.807) is 19.1 Å². The number of nitrogens with one attached hydrogen (secondary N) is 2. The minimum atomic E-state index is -3.94. The fourth-order valence-electron chi connectivity index (χ4n) is 7.75. The molecule has 2 aromatic rings. The van der Waals surface area contributed by atoms with Crippen molar-refractivity contribution in [3.63, 3.8) is 0 Å². The summed E-state index contributed by atoms with van der Waals surface area (Å²) < 4.78 is 47.8. The normalized spacial score (nSPS) is 28.5. The van der Waals surface area contributed by atoms with Crippen molar-refractivity contribution in [1.82, 2.24) is 14.5 Å². The summed E-state index contributed by atoms with van der Waals surface area (Å²) in [6.07, 6.45) is 7.21. The minimum absolute atomic E-state index is 0.0259. The molecule has 2 saturated carbocycles. The van der Waals surface area contributed by atoms with Gasteiger partial charge in [0.25, 0.3) is 0 Å². The van der Waals surface area contributed by atoms with Gasteiger partial charge in [-0.15, -0.1) is 0 Å². The van der Waals surface area contributed by atoms with E-state index < -0.39 is 56.2 Å². The number of Topliss-reactive ketones (excluding diaryl/α,β-unsaturated/α-hetero) is 1. The molecular formula is C39H50FN5O7S. The molecule has 0 bridgehead atoms. The Hall–Kier alpha value is -4.30. The van der Waals surface area contributed by atoms with E-state index in [9.17, 15) is 32.0 Å². The standard InChI is InChI=1S/C38H45FN4O7S.CH5N/c1-37(17-18-37)51(48,49)41-35(46)38-20-26(38)12-6-3-2-4-9-16-31(40-27-13-7-5-8-14-27)34(45)43-23-28(19-32(43)33(44)21-38)50-36(47)42-22-25-11-10-15-30(39)29(25)24-42;1-2/h5-8,10-15,26,28,31-32,40H,2-4,9,16-24H2,1H3,(H,41,46);2H2,1H3/b12-6-;/t26-,28-,31+,32+,38-;/m1./s1. The van der Waals surface area contributed by atoms with Gasteiger partial charge >= 0.3 is 6.09 Å². The minimum Gasteiger partial charge on any atom is -0.444 e. The van der Waals surface area contributed by atoms with E-state index in [1.807, 2.05) is 42.5 Å². The van der Waals surface area contributed by atoms with E-state index in [0.717, 1.165) is 31.4 Å². The van der Waals surface area contributed by atoms with E-state index in [-0.39, 0.29) is 50.1 Å². The summed E-state index contributed by atoms with van der Waals surface area (Å²) in [5.41, 5.74) is 5.12. The molecule has 53 heavy (non-hydrogen) atoms. The highest BCUT2D eigenvalue weighted by atomic mass is 32.2. The molecule has 0 radical (unpaired) electrons. The van der Waals surface area contributed by atoms with Gasteiger partial charge in [0.1, 0.15) is 18.0 Å². The molecule has 3 fully saturated rings. The molecule has 3 amide bonds. The van der Waals surface area contributed by atoms with E-state index in [0.29, 0.717) is 36.8 Å². The van der Waals surface area contributed by atoms with Crippen LogP contribution in [0.25, 0.3) is 0 Å². The largest absolute Gasteiger partial charge is 0.444 e. The van der Waals surface area contributed by atoms with Gasteiger partial charge in [0.15, 0.2) is 5.78 Å². The number of nitrogens with two attached hydrogens (primary N) is 1. The highest BCUT2D eigenvalue weighted by molar-refractivity contribution is 7.91. The lowest BCUT2D eigenvalue weighted by atomic mass is 9.91. The maximum Gasteiger partial charge on any atom is 0.410 e. The number of hydrogen-bond acceptors (Lipinski definition) is 9. The molecule has 1 saturated heterocycles. The van der Waals surface area contributed by atoms with E-state index in [2.05, 4.69) is 15.8 Å². The lowest BCUT2D eigenvalue weighted by Crippen LogP contribution is -2.49. The Morgan fingerprint density at radius 1 is 1.00 bits per heavy atom. The molecule has 2 aliphatic carbocycles. The summed E-state index contributed by atoms with van der Waals surface area (Å²) in [6, 6.07) is 12.4. The summed E-state index contributed by atoms with van der Waals surface area (Å²) in [5.74, 6) is -2.10. The van der Waals surface area contributed by atoms with Gasteiger partial charge in [0, 0.05) is 30.6 Å². The number of anilines is 1. The summed E-state index contributed by atoms with van der Waals surface area (Å²) in [6.45, 7) is 1.81. The zero-order valence-corrected chi connectivity index (χ0v) is 31.2. The fraction of sp³-hybridized carbons (Fsp3) is 0.538. The summed E-state index contributed by atoms with van der Waals surface area (Å²) in [5, 5.41) is 3.36. The van der Waals surface area contributed by atoms with Crippen LogP contribution >= 0.6 is 0 Å². The topological polar surface area (TPSA) is 168 Å². The summed E-state index contributed by atoms with van der Waals surface area (Å²) >= 11 is 0. The highest BCUT2D eigenvalue weighted by Gasteiger charge is 2.62. The Morgan fingerprint density at radius 2 is 1.75 bits per heavy atom. The third-order valence-electron chi connectivity index (χ3n) is 11.4. The molecule has 2 aromatic carbocycles. The number of halogens is 1. The van der Waals surface area contributed by atoms with Crippen LogP contribution in [0.4, 0.5) is 14.9 Å². The van der Waals surface area contributed by atoms with Crippen LogP contribution in [0, 0.1) is 17.2 Å². The number of rotatable bonds is 6. The van der Waals surface area contributed by atoms with Crippen LogP contribution in [-0.2, 0) is 42.2 Å². The van der Waals surface area contributed by atoms with Gasteiger partial charge in [0.05, 0.1) is 29.3 Å². The van der Waals surface area contributed by atoms with Crippen molar-refractivity contribution >= 4 is 39.4 Å². The maximum absolute atomic E-state index is 14.4. The predicted molar refractivity (Wildman–Crippen MR) is 197 cm³/mol. The number of fused-ring (bicyclic) bond motifs is 3. The number of benzene rings is 2. The van der Waals surface area contributed by atoms with Gasteiger partial charge in [-0.05, 0) is 82.2 Å². The van der Waals surface area contributed by atoms with Crippen molar-refractivity contribution in [1.29, 1.82) is 0 Å². The SMILES string of the molecule is CC1(S(=O)(=O)NC(=O)[C@]23CC(=O)[C@@H]4C[C@@H](OC(=O)N5Cc6cccc(F)c6C5)CN4C(=O)[C@@H](Nc4ccccc4)CCCCC/C=C\[C@@H]2C3)CC1.CN. The molecule has 7 rings (SSSR count). The molecule has 5 atom stereocenters. The first-order valence-corrected chi connectivity index (χ1v) is 20.1. The number of carbonyl (C=O) groups excluding carboxylic acids is 4. The number of sulfonamides is 1. The quantitative estimate of drug-likeness (QED) is 0.352. The van der Waals surface area contributed by atoms with E-state index in [4.69, 9.17) is 4.74 Å². The average Bonchev–Trinajstić information content (AvgIpc) is 3.94. The van der Waals surface area contributed by atoms with E-state index >= 15 is 0 Å². The number of para-hydroxylation sites is 1. The molecule has 0 aromatic heterocycles. The highest BCUT2D eigenvalue weighted by Crippen LogP contribution is 2.57. The van der Waals surface area contributed by atoms with Crippen molar-refractivity contribution in [2.75, 3.05) is 18.9 Å². The van der Waals surface area contributed by atoms with Crippen molar-refractivity contribution in [2.24, 2.45) is 17.1 Å². The first-order chi connectivity index (χ1) is 25.4. The number of amides is 3. The van der Waals surface area contributed by atoms with Gasteiger partial charge < -0.3 is 20.7 Å². The molecule has 12 nitrogen and oxygen atoms in total. The molecule has 4 N–H and O–H groups in total. The van der Waals surface area contributed by atoms with Crippen molar-refractivity contribution < 1.29 is 36.7 Å². The Balaban J connectivity index is 0.00000236. The predicted octanol–water partition coefficient (Wildman–Crippen LogP) is 4.79. The fourth-order valence-corrected chi connectivity index (χ4v) is 9.08. The average molecular weight is 752 g/mol. The smallest absolute Gasteiger partial charge is 0.410 e. The van der Waals surface area contributed by atoms with Crippen LogP contribution in [0.5, 0.6) is 0 Å². The zero-order chi connectivity index (χ0) is 38.0. The number of ether oxygens (including phenoxy) is 1. The van der Waals surface area contributed by atoms with Crippen LogP contribution in [0.2, 0.25) is 0 Å². The summed E-state index contributed by atoms with van der Waals surface area (Å²) in [7, 11) is -2.44. The van der Waals surface area contributed by atoms with Crippen molar-refractivity contribution in [3.8, 4) is 0 Å². The number of ketones is 1. The Bertz CT molecular complexity index is 1850. The van der Waals surface area contributed by atoms with Gasteiger partial charge in [-0.25, -0.2) is 17.6 Å². The van der Waals surface area contributed by atoms with Crippen molar-refractivity contribution in [2.45, 2.75) is 107 Å². The molecule has 286 valence electrons. The molecule has 5 aliphatic rings. The summed E-state index contributed by atoms with van der Waals surface area (Å²) in [4.78, 5) is 58.9. The van der Waals surface area contributed by atoms with Crippen molar-refractivity contribution in [3.05, 3.63) is 77.6 Å². The third-order valence-corrected chi connectivity index (χ3v) is 13.6. The van der Waals surface area contributed by atoms with Gasteiger partial charge in [-0.2, -0.15) is 0 Å². The van der Waals surface area contributed by atoms with Gasteiger partial charge in [-0.3, -0.25) is 24.0 Å². The Kier molecular flexibility index (Phi) is 11.3. The molecular weight excluding hydrogens is 702 g/mol.